The highest BCUT2D eigenvalue weighted by Gasteiger charge is 2.04. The smallest absolute Gasteiger partial charge is 0.0485 e. The largest absolute Gasteiger partial charge is 0.378 e. The van der Waals surface area contributed by atoms with Crippen LogP contribution in [-0.4, -0.2) is 4.98 Å². The topological polar surface area (TPSA) is 24.9 Å². The Bertz CT molecular complexity index is 494. The van der Waals surface area contributed by atoms with Crippen LogP contribution in [0.15, 0.2) is 47.1 Å². The van der Waals surface area contributed by atoms with E-state index >= 15 is 0 Å². The van der Waals surface area contributed by atoms with E-state index in [0.717, 1.165) is 15.9 Å². The monoisotopic (exact) mass is 290 g/mol. The van der Waals surface area contributed by atoms with E-state index in [9.17, 15) is 0 Å². The second-order valence-electron chi connectivity index (χ2n) is 4.10. The maximum absolute atomic E-state index is 4.19. The van der Waals surface area contributed by atoms with Crippen molar-refractivity contribution >= 4 is 21.6 Å². The lowest BCUT2D eigenvalue weighted by atomic mass is 10.1. The highest BCUT2D eigenvalue weighted by atomic mass is 79.9. The number of aryl methyl sites for hydroxylation is 1. The Morgan fingerprint density at radius 1 is 1.18 bits per heavy atom. The van der Waals surface area contributed by atoms with Crippen LogP contribution in [0.25, 0.3) is 0 Å². The van der Waals surface area contributed by atoms with Gasteiger partial charge in [0.25, 0.3) is 0 Å². The minimum Gasteiger partial charge on any atom is -0.378 e. The number of pyridine rings is 1. The first-order valence-electron chi connectivity index (χ1n) is 5.60. The van der Waals surface area contributed by atoms with Crippen molar-refractivity contribution in [2.75, 3.05) is 5.32 Å². The molecule has 1 heterocycles. The molecule has 0 fully saturated rings. The summed E-state index contributed by atoms with van der Waals surface area (Å²) in [6.45, 7) is 4.15. The Morgan fingerprint density at radius 2 is 1.88 bits per heavy atom. The Morgan fingerprint density at radius 3 is 2.53 bits per heavy atom. The van der Waals surface area contributed by atoms with Gasteiger partial charge in [-0.05, 0) is 43.7 Å². The van der Waals surface area contributed by atoms with E-state index in [-0.39, 0.29) is 6.04 Å². The first-order valence-corrected chi connectivity index (χ1v) is 6.39. The van der Waals surface area contributed by atoms with E-state index in [0.29, 0.717) is 0 Å². The molecule has 88 valence electrons. The molecule has 0 saturated carbocycles. The number of anilines is 1. The third-order valence-corrected chi connectivity index (χ3v) is 3.18. The number of halogens is 1. The number of hydrogen-bond acceptors (Lipinski definition) is 2. The number of rotatable bonds is 3. The van der Waals surface area contributed by atoms with Crippen LogP contribution in [0.4, 0.5) is 5.69 Å². The van der Waals surface area contributed by atoms with Crippen molar-refractivity contribution in [2.45, 2.75) is 19.9 Å². The minimum absolute atomic E-state index is 0.282. The van der Waals surface area contributed by atoms with Crippen LogP contribution >= 0.6 is 15.9 Å². The van der Waals surface area contributed by atoms with Gasteiger partial charge < -0.3 is 5.32 Å². The predicted molar refractivity (Wildman–Crippen MR) is 75.2 cm³/mol. The van der Waals surface area contributed by atoms with Gasteiger partial charge in [0, 0.05) is 28.1 Å². The van der Waals surface area contributed by atoms with Gasteiger partial charge in [-0.3, -0.25) is 4.98 Å². The predicted octanol–water partition coefficient (Wildman–Crippen LogP) is 4.33. The molecule has 2 nitrogen and oxygen atoms in total. The highest BCUT2D eigenvalue weighted by Crippen LogP contribution is 2.21. The van der Waals surface area contributed by atoms with Crippen molar-refractivity contribution in [1.29, 1.82) is 0 Å². The number of hydrogen-bond donors (Lipinski definition) is 1. The first kappa shape index (κ1) is 12.1. The average Bonchev–Trinajstić information content (AvgIpc) is 2.29. The van der Waals surface area contributed by atoms with Gasteiger partial charge in [0.15, 0.2) is 0 Å². The molecular formula is C14H15BrN2. The summed E-state index contributed by atoms with van der Waals surface area (Å²) in [6.07, 6.45) is 1.83. The van der Waals surface area contributed by atoms with Crippen molar-refractivity contribution in [2.24, 2.45) is 0 Å². The molecular weight excluding hydrogens is 276 g/mol. The quantitative estimate of drug-likeness (QED) is 0.910. The normalized spacial score (nSPS) is 12.2. The van der Waals surface area contributed by atoms with Gasteiger partial charge in [0.2, 0.25) is 0 Å². The number of aromatic nitrogens is 1. The fourth-order valence-corrected chi connectivity index (χ4v) is 1.98. The van der Waals surface area contributed by atoms with Crippen LogP contribution in [0.3, 0.4) is 0 Å². The Hall–Kier alpha value is -1.35. The molecule has 0 spiro atoms. The summed E-state index contributed by atoms with van der Waals surface area (Å²) in [5, 5.41) is 3.46. The lowest BCUT2D eigenvalue weighted by Crippen LogP contribution is -2.06. The molecule has 0 amide bonds. The molecule has 1 N–H and O–H groups in total. The molecule has 3 heteroatoms. The lowest BCUT2D eigenvalue weighted by molar-refractivity contribution is 0.883. The number of nitrogens with one attached hydrogen (secondary N) is 1. The van der Waals surface area contributed by atoms with E-state index in [1.54, 1.807) is 0 Å². The van der Waals surface area contributed by atoms with Gasteiger partial charge >= 0.3 is 0 Å². The van der Waals surface area contributed by atoms with Crippen LogP contribution in [0.2, 0.25) is 0 Å². The van der Waals surface area contributed by atoms with Gasteiger partial charge in [0.1, 0.15) is 0 Å². The van der Waals surface area contributed by atoms with Gasteiger partial charge in [-0.2, -0.15) is 0 Å². The molecule has 0 bridgehead atoms. The molecule has 1 atom stereocenters. The molecule has 2 aromatic rings. The summed E-state index contributed by atoms with van der Waals surface area (Å²) in [6, 6.07) is 12.7. The van der Waals surface area contributed by atoms with Gasteiger partial charge in [-0.1, -0.05) is 28.1 Å². The molecule has 1 unspecified atom stereocenters. The summed E-state index contributed by atoms with van der Waals surface area (Å²) in [5.74, 6) is 0. The summed E-state index contributed by atoms with van der Waals surface area (Å²) >= 11 is 3.44. The second kappa shape index (κ2) is 5.32. The Balaban J connectivity index is 2.11. The van der Waals surface area contributed by atoms with Crippen molar-refractivity contribution in [1.82, 2.24) is 4.98 Å². The van der Waals surface area contributed by atoms with Gasteiger partial charge in [-0.15, -0.1) is 0 Å². The molecule has 0 aliphatic heterocycles. The van der Waals surface area contributed by atoms with E-state index in [2.05, 4.69) is 63.5 Å². The van der Waals surface area contributed by atoms with Gasteiger partial charge in [-0.25, -0.2) is 0 Å². The summed E-state index contributed by atoms with van der Waals surface area (Å²) < 4.78 is 1.10. The van der Waals surface area contributed by atoms with E-state index in [1.807, 2.05) is 19.2 Å². The maximum atomic E-state index is 4.19. The van der Waals surface area contributed by atoms with Gasteiger partial charge in [0.05, 0.1) is 0 Å². The third kappa shape index (κ3) is 3.30. The summed E-state index contributed by atoms with van der Waals surface area (Å²) in [5.41, 5.74) is 3.40. The lowest BCUT2D eigenvalue weighted by Gasteiger charge is -2.16. The van der Waals surface area contributed by atoms with Crippen LogP contribution in [-0.2, 0) is 0 Å². The number of nitrogens with zero attached hydrogens (tertiary/aromatic N) is 1. The molecule has 0 radical (unpaired) electrons. The van der Waals surface area contributed by atoms with Crippen molar-refractivity contribution < 1.29 is 0 Å². The Labute approximate surface area is 110 Å². The first-order chi connectivity index (χ1) is 8.15. The zero-order valence-corrected chi connectivity index (χ0v) is 11.5. The molecule has 1 aromatic carbocycles. The molecule has 0 aliphatic carbocycles. The Kier molecular flexibility index (Phi) is 3.79. The SMILES string of the molecule is Cc1cc(NC(C)c2ccc(Br)cc2)ccn1. The molecule has 2 rings (SSSR count). The van der Waals surface area contributed by atoms with E-state index in [4.69, 9.17) is 0 Å². The number of benzene rings is 1. The molecule has 0 aliphatic rings. The van der Waals surface area contributed by atoms with Crippen molar-refractivity contribution in [3.8, 4) is 0 Å². The standard InChI is InChI=1S/C14H15BrN2/c1-10-9-14(7-8-16-10)17-11(2)12-3-5-13(15)6-4-12/h3-9,11H,1-2H3,(H,16,17). The summed E-state index contributed by atoms with van der Waals surface area (Å²) in [4.78, 5) is 4.19. The molecule has 0 saturated heterocycles. The minimum atomic E-state index is 0.282. The average molecular weight is 291 g/mol. The summed E-state index contributed by atoms with van der Waals surface area (Å²) in [7, 11) is 0. The van der Waals surface area contributed by atoms with Crippen molar-refractivity contribution in [3.05, 3.63) is 58.3 Å². The van der Waals surface area contributed by atoms with E-state index < -0.39 is 0 Å². The highest BCUT2D eigenvalue weighted by molar-refractivity contribution is 9.10. The maximum Gasteiger partial charge on any atom is 0.0485 e. The zero-order valence-electron chi connectivity index (χ0n) is 9.94. The molecule has 17 heavy (non-hydrogen) atoms. The van der Waals surface area contributed by atoms with E-state index in [1.165, 1.54) is 5.56 Å². The van der Waals surface area contributed by atoms with Crippen LogP contribution in [0.5, 0.6) is 0 Å². The fourth-order valence-electron chi connectivity index (χ4n) is 1.72. The van der Waals surface area contributed by atoms with Crippen LogP contribution < -0.4 is 5.32 Å². The fraction of sp³-hybridized carbons (Fsp3) is 0.214. The van der Waals surface area contributed by atoms with Crippen LogP contribution in [0.1, 0.15) is 24.2 Å². The zero-order chi connectivity index (χ0) is 12.3. The molecule has 1 aromatic heterocycles. The van der Waals surface area contributed by atoms with Crippen molar-refractivity contribution in [3.63, 3.8) is 0 Å². The third-order valence-electron chi connectivity index (χ3n) is 2.65. The second-order valence-corrected chi connectivity index (χ2v) is 5.02. The van der Waals surface area contributed by atoms with Crippen LogP contribution in [0, 0.1) is 6.92 Å².